The van der Waals surface area contributed by atoms with Crippen molar-refractivity contribution >= 4 is 28.8 Å². The zero-order valence-electron chi connectivity index (χ0n) is 21.8. The third-order valence-electron chi connectivity index (χ3n) is 8.21. The van der Waals surface area contributed by atoms with E-state index in [1.807, 2.05) is 24.0 Å². The van der Waals surface area contributed by atoms with Gasteiger partial charge in [-0.2, -0.15) is 10.1 Å². The number of nitrogens with one attached hydrogen (secondary N) is 1. The van der Waals surface area contributed by atoms with Crippen LogP contribution in [0.2, 0.25) is 0 Å². The minimum Gasteiger partial charge on any atom is -0.384 e. The van der Waals surface area contributed by atoms with E-state index in [0.29, 0.717) is 35.4 Å². The lowest BCUT2D eigenvalue weighted by atomic mass is 9.55. The van der Waals surface area contributed by atoms with E-state index in [0.717, 1.165) is 11.3 Å². The summed E-state index contributed by atoms with van der Waals surface area (Å²) in [5.41, 5.74) is 1.37. The maximum absolute atomic E-state index is 13.3. The highest BCUT2D eigenvalue weighted by atomic mass is 19.3. The van der Waals surface area contributed by atoms with Gasteiger partial charge in [0.25, 0.3) is 18.3 Å². The molecule has 1 amide bonds. The number of pyridine rings is 1. The lowest BCUT2D eigenvalue weighted by Crippen LogP contribution is -2.70. The number of nitrogens with zero attached hydrogens (tertiary/aromatic N) is 6. The summed E-state index contributed by atoms with van der Waals surface area (Å²) in [5, 5.41) is 21.1. The molecule has 10 nitrogen and oxygen atoms in total. The fraction of sp³-hybridized carbons (Fsp3) is 0.407. The van der Waals surface area contributed by atoms with Crippen molar-refractivity contribution in [1.82, 2.24) is 19.8 Å². The Labute approximate surface area is 230 Å². The van der Waals surface area contributed by atoms with Crippen LogP contribution in [0.1, 0.15) is 28.8 Å². The average Bonchev–Trinajstić information content (AvgIpc) is 3.52. The molecule has 4 aromatic rings. The molecule has 5 heterocycles. The van der Waals surface area contributed by atoms with Crippen LogP contribution in [0.4, 0.5) is 35.0 Å². The molecule has 2 aliphatic heterocycles. The molecule has 1 spiro atoms. The Morgan fingerprint density at radius 2 is 1.85 bits per heavy atom. The number of aromatic nitrogens is 4. The smallest absolute Gasteiger partial charge is 0.324 e. The fourth-order valence-corrected chi connectivity index (χ4v) is 6.11. The summed E-state index contributed by atoms with van der Waals surface area (Å²) in [5.74, 6) is -2.96. The van der Waals surface area contributed by atoms with Crippen molar-refractivity contribution in [3.63, 3.8) is 0 Å². The van der Waals surface area contributed by atoms with Gasteiger partial charge >= 0.3 is 6.01 Å². The normalized spacial score (nSPS) is 20.2. The molecule has 1 saturated carbocycles. The van der Waals surface area contributed by atoms with Gasteiger partial charge in [-0.15, -0.1) is 0 Å². The highest BCUT2D eigenvalue weighted by Gasteiger charge is 2.63. The Bertz CT molecular complexity index is 1660. The van der Waals surface area contributed by atoms with E-state index in [9.17, 15) is 27.5 Å². The summed E-state index contributed by atoms with van der Waals surface area (Å²) in [6.45, 7) is 1.97. The van der Waals surface area contributed by atoms with E-state index in [1.54, 1.807) is 28.9 Å². The minimum absolute atomic E-state index is 0.00869. The Kier molecular flexibility index (Phi) is 5.43. The maximum Gasteiger partial charge on any atom is 0.324 e. The van der Waals surface area contributed by atoms with E-state index in [4.69, 9.17) is 4.52 Å². The van der Waals surface area contributed by atoms with Crippen LogP contribution < -0.4 is 15.1 Å². The number of hydrogen-bond acceptors (Lipinski definition) is 8. The number of anilines is 3. The number of fused-ring (bicyclic) bond motifs is 1. The summed E-state index contributed by atoms with van der Waals surface area (Å²) >= 11 is 0. The molecule has 1 aliphatic carbocycles. The zero-order valence-corrected chi connectivity index (χ0v) is 21.8. The molecule has 3 aliphatic rings. The van der Waals surface area contributed by atoms with Crippen LogP contribution in [0.15, 0.2) is 47.2 Å². The van der Waals surface area contributed by atoms with Crippen molar-refractivity contribution in [2.45, 2.75) is 37.7 Å². The van der Waals surface area contributed by atoms with Gasteiger partial charge in [0, 0.05) is 41.6 Å². The van der Waals surface area contributed by atoms with Crippen molar-refractivity contribution in [2.24, 2.45) is 5.41 Å². The topological polar surface area (TPSA) is 112 Å². The molecule has 7 rings (SSSR count). The summed E-state index contributed by atoms with van der Waals surface area (Å²) in [4.78, 5) is 20.9. The molecule has 0 unspecified atom stereocenters. The lowest BCUT2D eigenvalue weighted by molar-refractivity contribution is -0.209. The number of halogens is 4. The average molecular weight is 572 g/mol. The van der Waals surface area contributed by atoms with Crippen LogP contribution >= 0.6 is 0 Å². The highest BCUT2D eigenvalue weighted by molar-refractivity contribution is 6.09. The van der Waals surface area contributed by atoms with Crippen LogP contribution in [-0.2, 0) is 0 Å². The zero-order chi connectivity index (χ0) is 28.7. The molecule has 41 heavy (non-hydrogen) atoms. The lowest BCUT2D eigenvalue weighted by Gasteiger charge is -2.62. The second-order valence-electron chi connectivity index (χ2n) is 11.5. The second kappa shape index (κ2) is 8.65. The molecule has 14 heteroatoms. The Morgan fingerprint density at radius 3 is 2.56 bits per heavy atom. The van der Waals surface area contributed by atoms with Crippen LogP contribution in [0.3, 0.4) is 0 Å². The Balaban J connectivity index is 1.07. The fourth-order valence-electron chi connectivity index (χ4n) is 6.11. The minimum atomic E-state index is -2.77. The Morgan fingerprint density at radius 1 is 1.10 bits per heavy atom. The molecule has 1 aromatic carbocycles. The van der Waals surface area contributed by atoms with Crippen LogP contribution in [0.25, 0.3) is 16.9 Å². The van der Waals surface area contributed by atoms with Gasteiger partial charge in [0.1, 0.15) is 5.60 Å². The number of alkyl halides is 4. The predicted octanol–water partition coefficient (Wildman–Crippen LogP) is 4.00. The Hall–Kier alpha value is -4.20. The van der Waals surface area contributed by atoms with E-state index in [1.165, 1.54) is 11.1 Å². The second-order valence-corrected chi connectivity index (χ2v) is 11.5. The van der Waals surface area contributed by atoms with Gasteiger partial charge in [-0.1, -0.05) is 17.3 Å². The number of carbonyl (C=O) groups excluding carboxylic acids is 1. The molecule has 0 bridgehead atoms. The first kappa shape index (κ1) is 25.7. The van der Waals surface area contributed by atoms with Gasteiger partial charge in [0.2, 0.25) is 5.82 Å². The first-order chi connectivity index (χ1) is 19.4. The summed E-state index contributed by atoms with van der Waals surface area (Å²) in [6.07, 6.45) is 0.606. The number of benzene rings is 1. The summed E-state index contributed by atoms with van der Waals surface area (Å²) in [6, 6.07) is 8.90. The largest absolute Gasteiger partial charge is 0.384 e. The third kappa shape index (κ3) is 4.28. The van der Waals surface area contributed by atoms with E-state index < -0.39 is 36.9 Å². The van der Waals surface area contributed by atoms with Crippen LogP contribution in [-0.4, -0.2) is 74.9 Å². The summed E-state index contributed by atoms with van der Waals surface area (Å²) < 4.78 is 59.3. The molecular formula is C27H25F4N7O3. The van der Waals surface area contributed by atoms with Gasteiger partial charge in [-0.25, -0.2) is 22.1 Å². The number of aliphatic hydroxyl groups is 1. The van der Waals surface area contributed by atoms with E-state index in [2.05, 4.69) is 20.6 Å². The summed E-state index contributed by atoms with van der Waals surface area (Å²) in [7, 11) is 0. The van der Waals surface area contributed by atoms with Crippen molar-refractivity contribution < 1.29 is 32.0 Å². The van der Waals surface area contributed by atoms with Crippen molar-refractivity contribution in [1.29, 1.82) is 0 Å². The van der Waals surface area contributed by atoms with Crippen LogP contribution in [0.5, 0.6) is 0 Å². The quantitative estimate of drug-likeness (QED) is 0.334. The number of rotatable bonds is 6. The standard InChI is InChI=1S/C27H25F4N7O3/c1-15-2-3-16(21-34-24(41-35-21)37-13-27(30,31)14-37)6-19(15)33-22(39)18-8-32-38-5-4-17(7-20(18)38)36-11-25(12-36)9-26(40,10-25)23(28)29/h2-8,23,40H,9-14H2,1H3,(H,33,39). The molecule has 3 fully saturated rings. The molecule has 2 saturated heterocycles. The predicted molar refractivity (Wildman–Crippen MR) is 140 cm³/mol. The first-order valence-corrected chi connectivity index (χ1v) is 13.0. The molecule has 0 radical (unpaired) electrons. The van der Waals surface area contributed by atoms with Crippen molar-refractivity contribution in [2.75, 3.05) is 41.3 Å². The van der Waals surface area contributed by atoms with Gasteiger partial charge in [-0.05, 0) is 43.5 Å². The number of amides is 1. The third-order valence-corrected chi connectivity index (χ3v) is 8.21. The first-order valence-electron chi connectivity index (χ1n) is 13.0. The number of aryl methyl sites for hydroxylation is 1. The van der Waals surface area contributed by atoms with Gasteiger partial charge in [0.15, 0.2) is 0 Å². The monoisotopic (exact) mass is 571 g/mol. The van der Waals surface area contributed by atoms with E-state index in [-0.39, 0.29) is 30.1 Å². The highest BCUT2D eigenvalue weighted by Crippen LogP contribution is 2.56. The van der Waals surface area contributed by atoms with Crippen molar-refractivity contribution in [3.05, 3.63) is 53.9 Å². The molecule has 2 N–H and O–H groups in total. The molecular weight excluding hydrogens is 546 g/mol. The van der Waals surface area contributed by atoms with Gasteiger partial charge in [0.05, 0.1) is 30.4 Å². The molecule has 0 atom stereocenters. The molecule has 214 valence electrons. The molecule has 3 aromatic heterocycles. The number of hydrogen-bond donors (Lipinski definition) is 2. The van der Waals surface area contributed by atoms with Gasteiger partial charge in [-0.3, -0.25) is 4.79 Å². The van der Waals surface area contributed by atoms with E-state index >= 15 is 0 Å². The number of carbonyl (C=O) groups is 1. The maximum atomic E-state index is 13.3. The SMILES string of the molecule is Cc1ccc(-c2noc(N3CC(F)(F)C3)n2)cc1NC(=O)c1cnn2ccc(N3CC4(C3)CC(O)(C(F)F)C4)cc12. The van der Waals surface area contributed by atoms with Crippen molar-refractivity contribution in [3.8, 4) is 11.4 Å². The van der Waals surface area contributed by atoms with Crippen LogP contribution in [0, 0.1) is 12.3 Å². The van der Waals surface area contributed by atoms with Gasteiger partial charge < -0.3 is 24.7 Å².